The van der Waals surface area contributed by atoms with Gasteiger partial charge < -0.3 is 10.0 Å². The van der Waals surface area contributed by atoms with Gasteiger partial charge in [-0.05, 0) is 30.5 Å². The van der Waals surface area contributed by atoms with E-state index in [1.807, 2.05) is 11.0 Å². The first-order valence-electron chi connectivity index (χ1n) is 7.20. The number of hydrogen-bond donors (Lipinski definition) is 1. The number of β-amino-alcohol motifs (C(OH)–C–C–N with tert-alkyl or cyclic N) is 1. The third-order valence-electron chi connectivity index (χ3n) is 4.16. The van der Waals surface area contributed by atoms with Gasteiger partial charge in [0.2, 0.25) is 5.91 Å². The van der Waals surface area contributed by atoms with Crippen molar-refractivity contribution in [1.29, 1.82) is 0 Å². The summed E-state index contributed by atoms with van der Waals surface area (Å²) in [5.74, 6) is 0.138. The number of carbonyl (C=O) groups is 1. The van der Waals surface area contributed by atoms with Crippen molar-refractivity contribution in [3.8, 4) is 0 Å². The minimum Gasteiger partial charge on any atom is -0.387 e. The van der Waals surface area contributed by atoms with E-state index in [0.717, 1.165) is 31.7 Å². The molecule has 1 aromatic carbocycles. The fourth-order valence-corrected chi connectivity index (χ4v) is 2.57. The van der Waals surface area contributed by atoms with Crippen LogP contribution in [0.1, 0.15) is 29.7 Å². The zero-order chi connectivity index (χ0) is 14.7. The van der Waals surface area contributed by atoms with Gasteiger partial charge in [0.1, 0.15) is 0 Å². The molecular formula is C16H24N2O2. The van der Waals surface area contributed by atoms with Gasteiger partial charge in [0.05, 0.1) is 6.10 Å². The van der Waals surface area contributed by atoms with Crippen molar-refractivity contribution in [2.45, 2.75) is 26.9 Å². The van der Waals surface area contributed by atoms with Crippen LogP contribution in [0.3, 0.4) is 0 Å². The predicted molar refractivity (Wildman–Crippen MR) is 79.6 cm³/mol. The number of aryl methyl sites for hydroxylation is 2. The number of nitrogens with zero attached hydrogens (tertiary/aromatic N) is 2. The van der Waals surface area contributed by atoms with E-state index >= 15 is 0 Å². The number of piperazine rings is 1. The topological polar surface area (TPSA) is 43.8 Å². The Kier molecular flexibility index (Phi) is 4.78. The summed E-state index contributed by atoms with van der Waals surface area (Å²) >= 11 is 0. The molecule has 1 aromatic rings. The summed E-state index contributed by atoms with van der Waals surface area (Å²) in [6, 6.07) is 6.12. The second kappa shape index (κ2) is 6.37. The van der Waals surface area contributed by atoms with Gasteiger partial charge in [-0.2, -0.15) is 0 Å². The predicted octanol–water partition coefficient (Wildman–Crippen LogP) is 1.50. The largest absolute Gasteiger partial charge is 0.387 e. The standard InChI is InChI=1S/C16H24N2O2/c1-12-4-5-15(10-13(12)2)16(20)11-17-6-8-18(9-7-17)14(3)19/h4-5,10,16,20H,6-9,11H2,1-3H3/t16-/m1/s1. The first-order valence-corrected chi connectivity index (χ1v) is 7.20. The van der Waals surface area contributed by atoms with Crippen LogP contribution in [0.25, 0.3) is 0 Å². The lowest BCUT2D eigenvalue weighted by atomic mass is 10.0. The molecule has 0 aromatic heterocycles. The van der Waals surface area contributed by atoms with Crippen LogP contribution in [-0.2, 0) is 4.79 Å². The van der Waals surface area contributed by atoms with Gasteiger partial charge in [-0.25, -0.2) is 0 Å². The van der Waals surface area contributed by atoms with E-state index < -0.39 is 6.10 Å². The number of aliphatic hydroxyl groups is 1. The molecule has 1 fully saturated rings. The molecule has 1 aliphatic heterocycles. The van der Waals surface area contributed by atoms with E-state index in [2.05, 4.69) is 30.9 Å². The van der Waals surface area contributed by atoms with Crippen molar-refractivity contribution in [2.24, 2.45) is 0 Å². The lowest BCUT2D eigenvalue weighted by Crippen LogP contribution is -2.48. The normalized spacial score (nSPS) is 18.1. The molecule has 1 amide bonds. The van der Waals surface area contributed by atoms with E-state index in [9.17, 15) is 9.90 Å². The van der Waals surface area contributed by atoms with Crippen LogP contribution >= 0.6 is 0 Å². The molecule has 1 saturated heterocycles. The molecule has 0 radical (unpaired) electrons. The van der Waals surface area contributed by atoms with Crippen molar-refractivity contribution < 1.29 is 9.90 Å². The zero-order valence-corrected chi connectivity index (χ0v) is 12.6. The Morgan fingerprint density at radius 3 is 2.40 bits per heavy atom. The average molecular weight is 276 g/mol. The van der Waals surface area contributed by atoms with Crippen molar-refractivity contribution in [1.82, 2.24) is 9.80 Å². The molecule has 4 heteroatoms. The Bertz CT molecular complexity index is 479. The lowest BCUT2D eigenvalue weighted by Gasteiger charge is -2.35. The molecule has 4 nitrogen and oxygen atoms in total. The minimum atomic E-state index is -0.460. The van der Waals surface area contributed by atoms with Crippen LogP contribution in [0, 0.1) is 13.8 Å². The van der Waals surface area contributed by atoms with Crippen molar-refractivity contribution in [3.63, 3.8) is 0 Å². The third-order valence-corrected chi connectivity index (χ3v) is 4.16. The fourth-order valence-electron chi connectivity index (χ4n) is 2.57. The number of rotatable bonds is 3. The molecule has 1 aliphatic rings. The first kappa shape index (κ1) is 15.0. The molecule has 1 N–H and O–H groups in total. The van der Waals surface area contributed by atoms with Crippen molar-refractivity contribution in [3.05, 3.63) is 34.9 Å². The molecule has 1 atom stereocenters. The van der Waals surface area contributed by atoms with E-state index in [-0.39, 0.29) is 5.91 Å². The zero-order valence-electron chi connectivity index (χ0n) is 12.6. The molecule has 0 unspecified atom stereocenters. The van der Waals surface area contributed by atoms with E-state index in [1.165, 1.54) is 11.1 Å². The van der Waals surface area contributed by atoms with Gasteiger partial charge >= 0.3 is 0 Å². The number of carbonyl (C=O) groups excluding carboxylic acids is 1. The van der Waals surface area contributed by atoms with Crippen LogP contribution in [0.15, 0.2) is 18.2 Å². The lowest BCUT2D eigenvalue weighted by molar-refractivity contribution is -0.130. The van der Waals surface area contributed by atoms with Crippen LogP contribution in [-0.4, -0.2) is 53.5 Å². The Morgan fingerprint density at radius 2 is 1.85 bits per heavy atom. The highest BCUT2D eigenvalue weighted by Crippen LogP contribution is 2.18. The quantitative estimate of drug-likeness (QED) is 0.910. The summed E-state index contributed by atoms with van der Waals surface area (Å²) in [4.78, 5) is 15.4. The maximum absolute atomic E-state index is 11.3. The van der Waals surface area contributed by atoms with E-state index in [0.29, 0.717) is 6.54 Å². The molecule has 0 aliphatic carbocycles. The monoisotopic (exact) mass is 276 g/mol. The van der Waals surface area contributed by atoms with Gasteiger partial charge in [-0.1, -0.05) is 18.2 Å². The Morgan fingerprint density at radius 1 is 1.20 bits per heavy atom. The average Bonchev–Trinajstić information content (AvgIpc) is 2.42. The van der Waals surface area contributed by atoms with Gasteiger partial charge in [-0.3, -0.25) is 9.69 Å². The van der Waals surface area contributed by atoms with E-state index in [4.69, 9.17) is 0 Å². The summed E-state index contributed by atoms with van der Waals surface area (Å²) in [6.45, 7) is 9.57. The Hall–Kier alpha value is -1.39. The molecule has 0 saturated carbocycles. The highest BCUT2D eigenvalue weighted by molar-refractivity contribution is 5.73. The molecule has 110 valence electrons. The number of amides is 1. The Balaban J connectivity index is 1.90. The van der Waals surface area contributed by atoms with Gasteiger partial charge in [0, 0.05) is 39.6 Å². The number of hydrogen-bond acceptors (Lipinski definition) is 3. The van der Waals surface area contributed by atoms with Gasteiger partial charge in [0.15, 0.2) is 0 Å². The summed E-state index contributed by atoms with van der Waals surface area (Å²) in [5.41, 5.74) is 3.43. The number of benzene rings is 1. The summed E-state index contributed by atoms with van der Waals surface area (Å²) in [6.07, 6.45) is -0.460. The number of aliphatic hydroxyl groups excluding tert-OH is 1. The second-order valence-electron chi connectivity index (χ2n) is 5.67. The van der Waals surface area contributed by atoms with Crippen molar-refractivity contribution >= 4 is 5.91 Å². The minimum absolute atomic E-state index is 0.138. The smallest absolute Gasteiger partial charge is 0.219 e. The third kappa shape index (κ3) is 3.58. The van der Waals surface area contributed by atoms with Crippen LogP contribution in [0.5, 0.6) is 0 Å². The van der Waals surface area contributed by atoms with Gasteiger partial charge in [0.25, 0.3) is 0 Å². The van der Waals surface area contributed by atoms with Gasteiger partial charge in [-0.15, -0.1) is 0 Å². The Labute approximate surface area is 121 Å². The fraction of sp³-hybridized carbons (Fsp3) is 0.562. The molecule has 0 spiro atoms. The summed E-state index contributed by atoms with van der Waals surface area (Å²) in [7, 11) is 0. The van der Waals surface area contributed by atoms with Crippen LogP contribution in [0.2, 0.25) is 0 Å². The SMILES string of the molecule is CC(=O)N1CCN(C[C@@H](O)c2ccc(C)c(C)c2)CC1. The molecule has 0 bridgehead atoms. The maximum atomic E-state index is 11.3. The summed E-state index contributed by atoms with van der Waals surface area (Å²) < 4.78 is 0. The van der Waals surface area contributed by atoms with Crippen molar-refractivity contribution in [2.75, 3.05) is 32.7 Å². The second-order valence-corrected chi connectivity index (χ2v) is 5.67. The summed E-state index contributed by atoms with van der Waals surface area (Å²) in [5, 5.41) is 10.3. The molecule has 1 heterocycles. The molecular weight excluding hydrogens is 252 g/mol. The first-order chi connectivity index (χ1) is 9.47. The maximum Gasteiger partial charge on any atom is 0.219 e. The molecule has 2 rings (SSSR count). The van der Waals surface area contributed by atoms with E-state index in [1.54, 1.807) is 6.92 Å². The highest BCUT2D eigenvalue weighted by Gasteiger charge is 2.21. The van der Waals surface area contributed by atoms with Crippen LogP contribution in [0.4, 0.5) is 0 Å². The molecule has 20 heavy (non-hydrogen) atoms. The highest BCUT2D eigenvalue weighted by atomic mass is 16.3. The van der Waals surface area contributed by atoms with Crippen LogP contribution < -0.4 is 0 Å².